The minimum atomic E-state index is -2.96. The molecule has 1 N–H and O–H groups in total. The molecule has 6 heteroatoms. The molecule has 1 amide bonds. The van der Waals surface area contributed by atoms with Crippen LogP contribution in [-0.2, 0) is 14.6 Å². The van der Waals surface area contributed by atoms with Gasteiger partial charge in [-0.25, -0.2) is 8.42 Å². The highest BCUT2D eigenvalue weighted by Crippen LogP contribution is 2.45. The van der Waals surface area contributed by atoms with Crippen LogP contribution in [0.3, 0.4) is 0 Å². The van der Waals surface area contributed by atoms with Crippen molar-refractivity contribution in [1.82, 2.24) is 5.32 Å². The lowest BCUT2D eigenvalue weighted by Gasteiger charge is -2.28. The summed E-state index contributed by atoms with van der Waals surface area (Å²) in [7, 11) is -2.96. The molecule has 0 aromatic heterocycles. The molecule has 1 saturated carbocycles. The maximum Gasteiger partial charge on any atom is 0.236 e. The van der Waals surface area contributed by atoms with E-state index < -0.39 is 14.6 Å². The molecule has 1 aromatic carbocycles. The summed E-state index contributed by atoms with van der Waals surface area (Å²) in [6.07, 6.45) is 4.36. The molecule has 1 aliphatic heterocycles. The molecule has 1 aliphatic carbocycles. The van der Waals surface area contributed by atoms with Crippen molar-refractivity contribution in [3.05, 3.63) is 30.3 Å². The van der Waals surface area contributed by atoms with Gasteiger partial charge in [-0.2, -0.15) is 0 Å². The van der Waals surface area contributed by atoms with E-state index >= 15 is 0 Å². The van der Waals surface area contributed by atoms with Gasteiger partial charge in [0.15, 0.2) is 9.84 Å². The molecule has 3 rings (SSSR count). The lowest BCUT2D eigenvalue weighted by Crippen LogP contribution is -2.47. The molecule has 22 heavy (non-hydrogen) atoms. The molecule has 0 spiro atoms. The third-order valence-electron chi connectivity index (χ3n) is 4.45. The Hall–Kier alpha value is -1.01. The molecule has 1 aromatic rings. The average molecular weight is 339 g/mol. The van der Waals surface area contributed by atoms with Crippen molar-refractivity contribution >= 4 is 27.5 Å². The van der Waals surface area contributed by atoms with Crippen LogP contribution < -0.4 is 5.32 Å². The number of nitrogens with one attached hydrogen (secondary N) is 1. The van der Waals surface area contributed by atoms with Crippen LogP contribution in [-0.4, -0.2) is 36.6 Å². The molecule has 120 valence electrons. The van der Waals surface area contributed by atoms with Crippen molar-refractivity contribution in [3.63, 3.8) is 0 Å². The van der Waals surface area contributed by atoms with Crippen molar-refractivity contribution in [2.24, 2.45) is 0 Å². The second-order valence-electron chi connectivity index (χ2n) is 6.19. The fraction of sp³-hybridized carbons (Fsp3) is 0.562. The van der Waals surface area contributed by atoms with Crippen LogP contribution in [0.15, 0.2) is 35.2 Å². The Balaban J connectivity index is 1.72. The van der Waals surface area contributed by atoms with Crippen LogP contribution >= 0.6 is 11.8 Å². The van der Waals surface area contributed by atoms with Gasteiger partial charge in [0.2, 0.25) is 5.91 Å². The van der Waals surface area contributed by atoms with Crippen LogP contribution in [0.1, 0.15) is 32.1 Å². The van der Waals surface area contributed by atoms with Gasteiger partial charge in [0.1, 0.15) is 0 Å². The molecule has 0 unspecified atom stereocenters. The number of hydrogen-bond acceptors (Lipinski definition) is 4. The predicted molar refractivity (Wildman–Crippen MR) is 88.7 cm³/mol. The molecule has 0 bridgehead atoms. The second-order valence-corrected chi connectivity index (χ2v) is 9.88. The first-order valence-corrected chi connectivity index (χ1v) is 10.4. The standard InChI is InChI=1S/C16H21NO3S2/c18-15(17-13-8-11-22(19,20)12-13)16(9-4-5-10-16)21-14-6-2-1-3-7-14/h1-3,6-7,13H,4-5,8-12H2,(H,17,18)/t13-/m1/s1. The summed E-state index contributed by atoms with van der Waals surface area (Å²) in [6.45, 7) is 0. The number of amides is 1. The number of carbonyl (C=O) groups excluding carboxylic acids is 1. The second kappa shape index (κ2) is 6.24. The highest BCUT2D eigenvalue weighted by Gasteiger charge is 2.43. The Bertz CT molecular complexity index is 637. The Morgan fingerprint density at radius 3 is 2.45 bits per heavy atom. The van der Waals surface area contributed by atoms with Gasteiger partial charge < -0.3 is 5.32 Å². The normalized spacial score (nSPS) is 25.9. The first-order chi connectivity index (χ1) is 10.5. The zero-order chi connectivity index (χ0) is 15.6. The number of hydrogen-bond donors (Lipinski definition) is 1. The van der Waals surface area contributed by atoms with Gasteiger partial charge in [-0.05, 0) is 31.4 Å². The molecule has 2 aliphatic rings. The minimum absolute atomic E-state index is 0.0148. The van der Waals surface area contributed by atoms with Crippen LogP contribution in [0.5, 0.6) is 0 Å². The van der Waals surface area contributed by atoms with E-state index in [-0.39, 0.29) is 23.5 Å². The first-order valence-electron chi connectivity index (χ1n) is 7.75. The first kappa shape index (κ1) is 15.9. The minimum Gasteiger partial charge on any atom is -0.351 e. The van der Waals surface area contributed by atoms with Gasteiger partial charge in [0, 0.05) is 10.9 Å². The van der Waals surface area contributed by atoms with Crippen molar-refractivity contribution in [2.75, 3.05) is 11.5 Å². The van der Waals surface area contributed by atoms with E-state index in [2.05, 4.69) is 5.32 Å². The van der Waals surface area contributed by atoms with Crippen LogP contribution in [0.2, 0.25) is 0 Å². The Morgan fingerprint density at radius 2 is 1.86 bits per heavy atom. The zero-order valence-electron chi connectivity index (χ0n) is 12.5. The van der Waals surface area contributed by atoms with Crippen molar-refractivity contribution in [1.29, 1.82) is 0 Å². The van der Waals surface area contributed by atoms with Crippen molar-refractivity contribution in [3.8, 4) is 0 Å². The molecule has 1 heterocycles. The number of sulfone groups is 1. The summed E-state index contributed by atoms with van der Waals surface area (Å²) in [5.74, 6) is 0.294. The molecule has 4 nitrogen and oxygen atoms in total. The van der Waals surface area contributed by atoms with E-state index in [1.807, 2.05) is 30.3 Å². The molecular weight excluding hydrogens is 318 g/mol. The zero-order valence-corrected chi connectivity index (χ0v) is 14.1. The van der Waals surface area contributed by atoms with Gasteiger partial charge in [-0.1, -0.05) is 31.0 Å². The monoisotopic (exact) mass is 339 g/mol. The summed E-state index contributed by atoms with van der Waals surface area (Å²) in [4.78, 5) is 13.9. The van der Waals surface area contributed by atoms with E-state index in [0.29, 0.717) is 6.42 Å². The number of thioether (sulfide) groups is 1. The summed E-state index contributed by atoms with van der Waals surface area (Å²) in [5, 5.41) is 3.00. The molecule has 2 fully saturated rings. The number of rotatable bonds is 4. The summed E-state index contributed by atoms with van der Waals surface area (Å²) in [6, 6.07) is 9.76. The van der Waals surface area contributed by atoms with Gasteiger partial charge in [0.05, 0.1) is 16.3 Å². The molecule has 1 atom stereocenters. The van der Waals surface area contributed by atoms with Crippen LogP contribution in [0.4, 0.5) is 0 Å². The van der Waals surface area contributed by atoms with Crippen LogP contribution in [0.25, 0.3) is 0 Å². The third kappa shape index (κ3) is 3.49. The van der Waals surface area contributed by atoms with E-state index in [9.17, 15) is 13.2 Å². The third-order valence-corrected chi connectivity index (χ3v) is 7.71. The molecule has 1 saturated heterocycles. The largest absolute Gasteiger partial charge is 0.351 e. The summed E-state index contributed by atoms with van der Waals surface area (Å²) < 4.78 is 22.7. The smallest absolute Gasteiger partial charge is 0.236 e. The maximum absolute atomic E-state index is 12.8. The fourth-order valence-electron chi connectivity index (χ4n) is 3.26. The highest BCUT2D eigenvalue weighted by atomic mass is 32.2. The summed E-state index contributed by atoms with van der Waals surface area (Å²) in [5.41, 5.74) is 0. The number of benzene rings is 1. The molecular formula is C16H21NO3S2. The Kier molecular flexibility index (Phi) is 4.50. The predicted octanol–water partition coefficient (Wildman–Crippen LogP) is 2.39. The van der Waals surface area contributed by atoms with E-state index in [1.165, 1.54) is 0 Å². The molecule has 0 radical (unpaired) electrons. The highest BCUT2D eigenvalue weighted by molar-refractivity contribution is 8.01. The van der Waals surface area contributed by atoms with Crippen LogP contribution in [0, 0.1) is 0 Å². The SMILES string of the molecule is O=C(N[C@@H]1CCS(=O)(=O)C1)C1(Sc2ccccc2)CCCC1. The topological polar surface area (TPSA) is 63.2 Å². The van der Waals surface area contributed by atoms with Gasteiger partial charge in [-0.15, -0.1) is 11.8 Å². The van der Waals surface area contributed by atoms with Gasteiger partial charge in [0.25, 0.3) is 0 Å². The Labute approximate surface area is 136 Å². The lowest BCUT2D eigenvalue weighted by atomic mass is 10.1. The summed E-state index contributed by atoms with van der Waals surface area (Å²) >= 11 is 1.63. The maximum atomic E-state index is 12.8. The van der Waals surface area contributed by atoms with Crippen molar-refractivity contribution in [2.45, 2.75) is 47.8 Å². The number of carbonyl (C=O) groups is 1. The lowest BCUT2D eigenvalue weighted by molar-refractivity contribution is -0.123. The van der Waals surface area contributed by atoms with Gasteiger partial charge in [-0.3, -0.25) is 4.79 Å². The quantitative estimate of drug-likeness (QED) is 0.915. The van der Waals surface area contributed by atoms with E-state index in [4.69, 9.17) is 0 Å². The van der Waals surface area contributed by atoms with Gasteiger partial charge >= 0.3 is 0 Å². The van der Waals surface area contributed by atoms with Crippen molar-refractivity contribution < 1.29 is 13.2 Å². The van der Waals surface area contributed by atoms with E-state index in [0.717, 1.165) is 30.6 Å². The Morgan fingerprint density at radius 1 is 1.18 bits per heavy atom. The fourth-order valence-corrected chi connectivity index (χ4v) is 6.32. The average Bonchev–Trinajstić information content (AvgIpc) is 3.08. The van der Waals surface area contributed by atoms with E-state index in [1.54, 1.807) is 11.8 Å².